The number of amides is 1. The van der Waals surface area contributed by atoms with E-state index in [-0.39, 0.29) is 18.0 Å². The summed E-state index contributed by atoms with van der Waals surface area (Å²) in [6.07, 6.45) is 1.80. The Kier molecular flexibility index (Phi) is 6.88. The molecule has 2 rings (SSSR count). The van der Waals surface area contributed by atoms with Gasteiger partial charge >= 0.3 is 5.97 Å². The maximum atomic E-state index is 12.7. The predicted molar refractivity (Wildman–Crippen MR) is 107 cm³/mol. The third-order valence-corrected chi connectivity index (χ3v) is 4.94. The minimum absolute atomic E-state index is 0.0249. The topological polar surface area (TPSA) is 79.2 Å². The van der Waals surface area contributed by atoms with Crippen molar-refractivity contribution in [3.8, 4) is 5.75 Å². The average Bonchev–Trinajstić information content (AvgIpc) is 2.81. The number of amidine groups is 1. The molecule has 1 N–H and O–H groups in total. The second kappa shape index (κ2) is 8.73. The number of nitrogens with zero attached hydrogens (tertiary/aromatic N) is 2. The van der Waals surface area contributed by atoms with Gasteiger partial charge in [-0.25, -0.2) is 4.79 Å². The average molecular weight is 441 g/mol. The van der Waals surface area contributed by atoms with E-state index in [4.69, 9.17) is 9.84 Å². The summed E-state index contributed by atoms with van der Waals surface area (Å²) in [6, 6.07) is 5.37. The van der Waals surface area contributed by atoms with Gasteiger partial charge in [-0.15, -0.1) is 0 Å². The quantitative estimate of drug-likeness (QED) is 0.676. The monoisotopic (exact) mass is 440 g/mol. The van der Waals surface area contributed by atoms with Crippen molar-refractivity contribution < 1.29 is 19.4 Å². The van der Waals surface area contributed by atoms with E-state index in [0.29, 0.717) is 20.3 Å². The molecule has 0 unspecified atom stereocenters. The number of rotatable bonds is 6. The van der Waals surface area contributed by atoms with Gasteiger partial charge in [-0.1, -0.05) is 6.07 Å². The van der Waals surface area contributed by atoms with Crippen LogP contribution < -0.4 is 4.74 Å². The van der Waals surface area contributed by atoms with E-state index >= 15 is 0 Å². The van der Waals surface area contributed by atoms with E-state index in [9.17, 15) is 9.59 Å². The minimum Gasteiger partial charge on any atom is -0.481 e. The molecule has 1 amide bonds. The van der Waals surface area contributed by atoms with Crippen LogP contribution >= 0.6 is 27.7 Å². The second-order valence-electron chi connectivity index (χ2n) is 6.26. The lowest BCUT2D eigenvalue weighted by Gasteiger charge is -2.20. The van der Waals surface area contributed by atoms with Crippen molar-refractivity contribution >= 4 is 50.8 Å². The van der Waals surface area contributed by atoms with Crippen LogP contribution in [0.2, 0.25) is 0 Å². The van der Waals surface area contributed by atoms with Crippen LogP contribution in [-0.2, 0) is 9.59 Å². The lowest BCUT2D eigenvalue weighted by atomic mass is 10.2. The Bertz CT molecular complexity index is 774. The molecule has 0 saturated carbocycles. The highest BCUT2D eigenvalue weighted by molar-refractivity contribution is 9.10. The van der Waals surface area contributed by atoms with Crippen LogP contribution in [0.25, 0.3) is 6.08 Å². The fraction of sp³-hybridized carbons (Fsp3) is 0.389. The van der Waals surface area contributed by atoms with Gasteiger partial charge in [0.15, 0.2) is 11.8 Å². The molecule has 8 heteroatoms. The first kappa shape index (κ1) is 20.5. The zero-order valence-electron chi connectivity index (χ0n) is 15.0. The Hall–Kier alpha value is -1.80. The molecule has 0 spiro atoms. The Morgan fingerprint density at radius 2 is 2.08 bits per heavy atom. The van der Waals surface area contributed by atoms with Crippen molar-refractivity contribution in [3.63, 3.8) is 0 Å². The first-order valence-electron chi connectivity index (χ1n) is 8.14. The molecule has 1 aromatic rings. The summed E-state index contributed by atoms with van der Waals surface area (Å²) in [5.74, 6) is -0.667. The molecular formula is C18H21BrN2O4S. The summed E-state index contributed by atoms with van der Waals surface area (Å²) < 4.78 is 5.81. The Morgan fingerprint density at radius 1 is 1.38 bits per heavy atom. The number of benzene rings is 1. The summed E-state index contributed by atoms with van der Waals surface area (Å²) >= 11 is 4.73. The van der Waals surface area contributed by atoms with Crippen LogP contribution in [0, 0.1) is 0 Å². The highest BCUT2D eigenvalue weighted by atomic mass is 79.9. The number of carbonyl (C=O) groups excluding carboxylic acids is 1. The van der Waals surface area contributed by atoms with Gasteiger partial charge in [0.2, 0.25) is 0 Å². The first-order chi connectivity index (χ1) is 12.2. The Morgan fingerprint density at radius 3 is 2.62 bits per heavy atom. The zero-order chi connectivity index (χ0) is 19.4. The Balaban J connectivity index is 2.27. The van der Waals surface area contributed by atoms with Gasteiger partial charge < -0.3 is 9.84 Å². The standard InChI is InChI=1S/C18H21BrN2O4S/c1-10(2)20-18-21(11(3)4)17(24)15(26-18)8-12-5-6-14(13(19)7-12)25-9-16(22)23/h5-8,10-11H,9H2,1-4H3,(H,22,23)/b15-8+,20-18?. The number of carboxylic acid groups (broad SMARTS) is 1. The number of hydrogen-bond acceptors (Lipinski definition) is 5. The van der Waals surface area contributed by atoms with E-state index in [2.05, 4.69) is 20.9 Å². The van der Waals surface area contributed by atoms with Gasteiger partial charge in [-0.2, -0.15) is 0 Å². The number of hydrogen-bond donors (Lipinski definition) is 1. The molecule has 1 aliphatic heterocycles. The van der Waals surface area contributed by atoms with Crippen molar-refractivity contribution in [2.75, 3.05) is 6.61 Å². The van der Waals surface area contributed by atoms with E-state index in [1.54, 1.807) is 29.2 Å². The summed E-state index contributed by atoms with van der Waals surface area (Å²) in [4.78, 5) is 30.2. The summed E-state index contributed by atoms with van der Waals surface area (Å²) in [5, 5.41) is 9.40. The number of aliphatic carboxylic acids is 1. The molecule has 1 aromatic carbocycles. The predicted octanol–water partition coefficient (Wildman–Crippen LogP) is 4.00. The van der Waals surface area contributed by atoms with Gasteiger partial charge in [-0.05, 0) is 79.2 Å². The smallest absolute Gasteiger partial charge is 0.341 e. The largest absolute Gasteiger partial charge is 0.481 e. The second-order valence-corrected chi connectivity index (χ2v) is 8.12. The summed E-state index contributed by atoms with van der Waals surface area (Å²) in [5.41, 5.74) is 0.810. The number of halogens is 1. The SMILES string of the molecule is CC(C)N=C1S/C(=C/c2ccc(OCC(=O)O)c(Br)c2)C(=O)N1C(C)C. The molecule has 26 heavy (non-hydrogen) atoms. The molecule has 0 atom stereocenters. The molecule has 1 fully saturated rings. The number of thioether (sulfide) groups is 1. The van der Waals surface area contributed by atoms with Crippen LogP contribution in [-0.4, -0.2) is 45.7 Å². The third-order valence-electron chi connectivity index (χ3n) is 3.33. The molecule has 1 heterocycles. The third kappa shape index (κ3) is 5.11. The van der Waals surface area contributed by atoms with E-state index < -0.39 is 12.6 Å². The van der Waals surface area contributed by atoms with E-state index in [1.807, 2.05) is 27.7 Å². The first-order valence-corrected chi connectivity index (χ1v) is 9.75. The molecule has 0 aliphatic carbocycles. The van der Waals surface area contributed by atoms with Crippen molar-refractivity contribution in [3.05, 3.63) is 33.1 Å². The maximum absolute atomic E-state index is 12.7. The van der Waals surface area contributed by atoms with Crippen molar-refractivity contribution in [1.82, 2.24) is 4.90 Å². The van der Waals surface area contributed by atoms with Crippen molar-refractivity contribution in [2.45, 2.75) is 39.8 Å². The highest BCUT2D eigenvalue weighted by Gasteiger charge is 2.35. The van der Waals surface area contributed by atoms with Crippen LogP contribution in [0.3, 0.4) is 0 Å². The van der Waals surface area contributed by atoms with Crippen LogP contribution in [0.4, 0.5) is 0 Å². The lowest BCUT2D eigenvalue weighted by molar-refractivity contribution is -0.139. The van der Waals surface area contributed by atoms with Crippen LogP contribution in [0.15, 0.2) is 32.6 Å². The zero-order valence-corrected chi connectivity index (χ0v) is 17.4. The molecular weight excluding hydrogens is 420 g/mol. The maximum Gasteiger partial charge on any atom is 0.341 e. The molecule has 1 saturated heterocycles. The van der Waals surface area contributed by atoms with Gasteiger partial charge in [0, 0.05) is 12.1 Å². The minimum atomic E-state index is -1.04. The normalized spacial score (nSPS) is 17.8. The van der Waals surface area contributed by atoms with E-state index in [1.165, 1.54) is 11.8 Å². The fourth-order valence-corrected chi connectivity index (χ4v) is 4.01. The Labute approximate surface area is 165 Å². The number of carboxylic acids is 1. The van der Waals surface area contributed by atoms with E-state index in [0.717, 1.165) is 5.56 Å². The van der Waals surface area contributed by atoms with Crippen molar-refractivity contribution in [2.24, 2.45) is 4.99 Å². The van der Waals surface area contributed by atoms with Crippen LogP contribution in [0.5, 0.6) is 5.75 Å². The molecule has 140 valence electrons. The van der Waals surface area contributed by atoms with Gasteiger partial charge in [0.05, 0.1) is 9.38 Å². The van der Waals surface area contributed by atoms with Gasteiger partial charge in [0.25, 0.3) is 5.91 Å². The molecule has 0 aromatic heterocycles. The number of carbonyl (C=O) groups is 2. The number of aliphatic imine (C=N–C) groups is 1. The number of ether oxygens (including phenoxy) is 1. The molecule has 0 bridgehead atoms. The molecule has 6 nitrogen and oxygen atoms in total. The van der Waals surface area contributed by atoms with Gasteiger partial charge in [0.1, 0.15) is 5.75 Å². The lowest BCUT2D eigenvalue weighted by Crippen LogP contribution is -2.35. The van der Waals surface area contributed by atoms with Crippen molar-refractivity contribution in [1.29, 1.82) is 0 Å². The molecule has 1 aliphatic rings. The van der Waals surface area contributed by atoms with Crippen LogP contribution in [0.1, 0.15) is 33.3 Å². The molecule has 0 radical (unpaired) electrons. The highest BCUT2D eigenvalue weighted by Crippen LogP contribution is 2.35. The summed E-state index contributed by atoms with van der Waals surface area (Å²) in [6.45, 7) is 7.47. The van der Waals surface area contributed by atoms with Gasteiger partial charge in [-0.3, -0.25) is 14.7 Å². The summed E-state index contributed by atoms with van der Waals surface area (Å²) in [7, 11) is 0. The fourth-order valence-electron chi connectivity index (χ4n) is 2.27.